The van der Waals surface area contributed by atoms with Crippen LogP contribution in [0.1, 0.15) is 47.8 Å². The second-order valence-electron chi connectivity index (χ2n) is 12.0. The number of aromatic amines is 1. The molecule has 1 N–H and O–H groups in total. The van der Waals surface area contributed by atoms with E-state index in [0.717, 1.165) is 10.6 Å². The molecule has 1 aliphatic heterocycles. The van der Waals surface area contributed by atoms with Gasteiger partial charge in [0.05, 0.1) is 12.5 Å². The van der Waals surface area contributed by atoms with Crippen molar-refractivity contribution >= 4 is 28.2 Å². The summed E-state index contributed by atoms with van der Waals surface area (Å²) in [5.74, 6) is -0.0735. The van der Waals surface area contributed by atoms with Crippen LogP contribution >= 0.6 is 11.6 Å². The average molecular weight is 523 g/mol. The van der Waals surface area contributed by atoms with E-state index in [9.17, 15) is 9.59 Å². The molecule has 4 atom stereocenters. The Hall–Kier alpha value is -0.786. The second kappa shape index (κ2) is 9.35. The van der Waals surface area contributed by atoms with Crippen molar-refractivity contribution in [1.82, 2.24) is 9.55 Å². The molecule has 190 valence electrons. The first-order valence-corrected chi connectivity index (χ1v) is 17.6. The largest absolute Gasteiger partial charge is 0.414 e. The molecular weight excluding hydrogens is 483 g/mol. The maximum atomic E-state index is 16.1. The van der Waals surface area contributed by atoms with Gasteiger partial charge in [-0.2, -0.15) is 0 Å². The molecule has 0 radical (unpaired) electrons. The molecule has 1 saturated heterocycles. The van der Waals surface area contributed by atoms with E-state index in [1.54, 1.807) is 0 Å². The van der Waals surface area contributed by atoms with Crippen molar-refractivity contribution in [1.29, 1.82) is 0 Å². The summed E-state index contributed by atoms with van der Waals surface area (Å²) in [4.78, 5) is 26.1. The summed E-state index contributed by atoms with van der Waals surface area (Å²) in [5.41, 5.74) is -2.62. The summed E-state index contributed by atoms with van der Waals surface area (Å²) in [6.45, 7) is 20.9. The lowest BCUT2D eigenvalue weighted by atomic mass is 9.99. The van der Waals surface area contributed by atoms with Crippen LogP contribution in [-0.4, -0.2) is 56.5 Å². The van der Waals surface area contributed by atoms with Crippen LogP contribution in [-0.2, 0) is 13.6 Å². The lowest BCUT2D eigenvalue weighted by Gasteiger charge is -2.44. The number of ether oxygens (including phenoxy) is 1. The van der Waals surface area contributed by atoms with E-state index in [4.69, 9.17) is 25.2 Å². The molecule has 0 aromatic carbocycles. The van der Waals surface area contributed by atoms with E-state index in [2.05, 4.69) is 59.6 Å². The lowest BCUT2D eigenvalue weighted by Crippen LogP contribution is -2.57. The monoisotopic (exact) mass is 522 g/mol. The third-order valence-electron chi connectivity index (χ3n) is 7.50. The number of halogens is 2. The van der Waals surface area contributed by atoms with Gasteiger partial charge in [-0.1, -0.05) is 41.5 Å². The SMILES string of the molecule is CC(C)(C)[Si](C)(C)OC[C@@]1(CCl)O[C@@H](n2ccc(=O)[nH]c2=O)[C@@H](F)[C@@H]1O[Si](C)(C)C(C)(C)C. The maximum Gasteiger partial charge on any atom is 0.330 e. The van der Waals surface area contributed by atoms with Crippen molar-refractivity contribution in [3.8, 4) is 0 Å². The van der Waals surface area contributed by atoms with Crippen molar-refractivity contribution in [3.05, 3.63) is 33.1 Å². The van der Waals surface area contributed by atoms with Gasteiger partial charge in [-0.3, -0.25) is 14.3 Å². The van der Waals surface area contributed by atoms with Crippen LogP contribution in [0.4, 0.5) is 4.39 Å². The fourth-order valence-corrected chi connectivity index (χ4v) is 5.76. The summed E-state index contributed by atoms with van der Waals surface area (Å²) in [7, 11) is -4.67. The summed E-state index contributed by atoms with van der Waals surface area (Å²) < 4.78 is 36.4. The molecule has 1 aliphatic rings. The number of rotatable bonds is 7. The van der Waals surface area contributed by atoms with E-state index >= 15 is 4.39 Å². The van der Waals surface area contributed by atoms with Gasteiger partial charge in [-0.25, -0.2) is 9.18 Å². The fourth-order valence-electron chi connectivity index (χ4n) is 3.10. The summed E-state index contributed by atoms with van der Waals surface area (Å²) in [5, 5.41) is -0.253. The second-order valence-corrected chi connectivity index (χ2v) is 21.8. The molecule has 1 fully saturated rings. The predicted octanol–water partition coefficient (Wildman–Crippen LogP) is 4.79. The first kappa shape index (κ1) is 28.5. The van der Waals surface area contributed by atoms with E-state index in [-0.39, 0.29) is 22.6 Å². The molecule has 1 aromatic rings. The molecule has 1 aromatic heterocycles. The molecule has 2 rings (SSSR count). The minimum atomic E-state index is -2.45. The van der Waals surface area contributed by atoms with Crippen LogP contribution in [0.15, 0.2) is 21.9 Å². The Bertz CT molecular complexity index is 954. The Kier molecular flexibility index (Phi) is 8.06. The predicted molar refractivity (Wildman–Crippen MR) is 135 cm³/mol. The fraction of sp³-hybridized carbons (Fsp3) is 0.818. The molecule has 0 bridgehead atoms. The number of H-pyrrole nitrogens is 1. The zero-order chi connectivity index (χ0) is 25.6. The standard InChI is InChI=1S/C22H40ClFN2O5Si2/c1-20(2,3)32(7,8)29-14-22(13-23)17(31-33(9,10)21(4,5)6)16(24)18(30-22)26-12-11-15(27)25-19(26)28/h11-12,16-18H,13-14H2,1-10H3,(H,25,27,28)/t16-,17-,18+,22+/m0/s1. The minimum Gasteiger partial charge on any atom is -0.414 e. The van der Waals surface area contributed by atoms with Crippen LogP contribution in [0, 0.1) is 0 Å². The zero-order valence-electron chi connectivity index (χ0n) is 21.5. The topological polar surface area (TPSA) is 82.5 Å². The highest BCUT2D eigenvalue weighted by molar-refractivity contribution is 6.74. The van der Waals surface area contributed by atoms with Gasteiger partial charge in [-0.05, 0) is 36.3 Å². The molecule has 2 heterocycles. The number of hydrogen-bond donors (Lipinski definition) is 1. The van der Waals surface area contributed by atoms with Crippen molar-refractivity contribution < 1.29 is 18.0 Å². The molecule has 0 unspecified atom stereocenters. The smallest absolute Gasteiger partial charge is 0.330 e. The third kappa shape index (κ3) is 5.73. The van der Waals surface area contributed by atoms with Gasteiger partial charge in [-0.15, -0.1) is 11.6 Å². The highest BCUT2D eigenvalue weighted by Crippen LogP contribution is 2.47. The van der Waals surface area contributed by atoms with Gasteiger partial charge >= 0.3 is 5.69 Å². The number of hydrogen-bond acceptors (Lipinski definition) is 5. The van der Waals surface area contributed by atoms with Crippen LogP contribution < -0.4 is 11.2 Å². The molecular formula is C22H40ClFN2O5Si2. The summed E-state index contributed by atoms with van der Waals surface area (Å²) >= 11 is 6.46. The van der Waals surface area contributed by atoms with Gasteiger partial charge in [0.25, 0.3) is 5.56 Å². The number of nitrogens with one attached hydrogen (secondary N) is 1. The molecule has 0 spiro atoms. The average Bonchev–Trinajstić information content (AvgIpc) is 2.91. The van der Waals surface area contributed by atoms with E-state index in [0.29, 0.717) is 0 Å². The third-order valence-corrected chi connectivity index (χ3v) is 16.9. The van der Waals surface area contributed by atoms with Crippen LogP contribution in [0.5, 0.6) is 0 Å². The number of alkyl halides is 2. The first-order valence-electron chi connectivity index (χ1n) is 11.3. The van der Waals surface area contributed by atoms with Crippen molar-refractivity contribution in [2.75, 3.05) is 12.5 Å². The zero-order valence-corrected chi connectivity index (χ0v) is 24.3. The van der Waals surface area contributed by atoms with Gasteiger partial charge < -0.3 is 13.6 Å². The Morgan fingerprint density at radius 1 is 1.12 bits per heavy atom. The highest BCUT2D eigenvalue weighted by atomic mass is 35.5. The van der Waals surface area contributed by atoms with Crippen LogP contribution in [0.3, 0.4) is 0 Å². The Morgan fingerprint density at radius 3 is 2.12 bits per heavy atom. The number of aromatic nitrogens is 2. The first-order chi connectivity index (χ1) is 14.8. The minimum absolute atomic E-state index is 0.0430. The highest BCUT2D eigenvalue weighted by Gasteiger charge is 2.60. The van der Waals surface area contributed by atoms with Gasteiger partial charge in [0.15, 0.2) is 29.0 Å². The lowest BCUT2D eigenvalue weighted by molar-refractivity contribution is -0.110. The van der Waals surface area contributed by atoms with Gasteiger partial charge in [0, 0.05) is 12.3 Å². The number of nitrogens with zero attached hydrogens (tertiary/aromatic N) is 1. The van der Waals surface area contributed by atoms with Crippen molar-refractivity contribution in [2.24, 2.45) is 0 Å². The molecule has 11 heteroatoms. The normalized spacial score (nSPS) is 27.2. The quantitative estimate of drug-likeness (QED) is 0.411. The summed E-state index contributed by atoms with van der Waals surface area (Å²) in [6.07, 6.45) is -2.79. The van der Waals surface area contributed by atoms with E-state index < -0.39 is 52.0 Å². The van der Waals surface area contributed by atoms with Gasteiger partial charge in [0.1, 0.15) is 11.7 Å². The van der Waals surface area contributed by atoms with Crippen molar-refractivity contribution in [2.45, 2.75) is 102 Å². The Morgan fingerprint density at radius 2 is 1.67 bits per heavy atom. The van der Waals surface area contributed by atoms with E-state index in [1.807, 2.05) is 13.1 Å². The van der Waals surface area contributed by atoms with Crippen LogP contribution in [0.2, 0.25) is 36.3 Å². The molecule has 0 aliphatic carbocycles. The van der Waals surface area contributed by atoms with Crippen molar-refractivity contribution in [3.63, 3.8) is 0 Å². The molecule has 7 nitrogen and oxygen atoms in total. The molecule has 0 saturated carbocycles. The van der Waals surface area contributed by atoms with Crippen LogP contribution in [0.25, 0.3) is 0 Å². The Balaban J connectivity index is 2.54. The molecule has 0 amide bonds. The van der Waals surface area contributed by atoms with E-state index in [1.165, 1.54) is 6.20 Å². The van der Waals surface area contributed by atoms with Gasteiger partial charge in [0.2, 0.25) is 0 Å². The molecule has 33 heavy (non-hydrogen) atoms. The maximum absolute atomic E-state index is 16.1. The Labute approximate surface area is 203 Å². The summed E-state index contributed by atoms with van der Waals surface area (Å²) in [6, 6.07) is 1.16.